The molecule has 1 aliphatic heterocycles. The van der Waals surface area contributed by atoms with Crippen LogP contribution in [0.5, 0.6) is 11.5 Å². The minimum atomic E-state index is -0.918. The number of carbonyl (C=O) groups excluding carboxylic acids is 2. The average Bonchev–Trinajstić information content (AvgIpc) is 3.56. The SMILES string of the molecule is CCc1cc(CCC2(C3CCCC3)CC(=O)C(Cc3nc4nc(C)cc(C)n4n3)C(=O)O2)c(OC)cc1O. The number of ketones is 1. The van der Waals surface area contributed by atoms with E-state index in [1.54, 1.807) is 17.7 Å². The van der Waals surface area contributed by atoms with Crippen LogP contribution in [0.4, 0.5) is 0 Å². The molecule has 9 nitrogen and oxygen atoms in total. The zero-order chi connectivity index (χ0) is 27.0. The molecule has 1 saturated heterocycles. The van der Waals surface area contributed by atoms with Crippen LogP contribution in [-0.2, 0) is 33.6 Å². The van der Waals surface area contributed by atoms with Crippen molar-refractivity contribution in [1.82, 2.24) is 19.6 Å². The first-order chi connectivity index (χ1) is 18.2. The standard InChI is InChI=1S/C29H36N4O5/c1-5-19-13-20(25(37-4)15-23(19)34)10-11-29(21-8-6-7-9-21)16-24(35)22(27(36)38-29)14-26-31-28-30-17(2)12-18(3)33(28)32-26/h12-13,15,21-22,34H,5-11,14,16H2,1-4H3. The smallest absolute Gasteiger partial charge is 0.317 e. The lowest BCUT2D eigenvalue weighted by molar-refractivity contribution is -0.185. The fraction of sp³-hybridized carbons (Fsp3) is 0.552. The Hall–Kier alpha value is -3.49. The van der Waals surface area contributed by atoms with Gasteiger partial charge in [0.1, 0.15) is 23.0 Å². The zero-order valence-electron chi connectivity index (χ0n) is 22.6. The molecule has 1 N–H and O–H groups in total. The second-order valence-electron chi connectivity index (χ2n) is 10.8. The number of esters is 1. The summed E-state index contributed by atoms with van der Waals surface area (Å²) in [6.45, 7) is 5.80. The van der Waals surface area contributed by atoms with Gasteiger partial charge in [0, 0.05) is 30.3 Å². The predicted octanol–water partition coefficient (Wildman–Crippen LogP) is 4.25. The Morgan fingerprint density at radius 3 is 2.58 bits per heavy atom. The van der Waals surface area contributed by atoms with Crippen molar-refractivity contribution in [3.05, 3.63) is 46.5 Å². The molecule has 2 fully saturated rings. The van der Waals surface area contributed by atoms with Crippen molar-refractivity contribution in [1.29, 1.82) is 0 Å². The third-order valence-corrected chi connectivity index (χ3v) is 8.28. The number of nitrogens with zero attached hydrogens (tertiary/aromatic N) is 4. The summed E-state index contributed by atoms with van der Waals surface area (Å²) < 4.78 is 13.5. The number of aromatic hydroxyl groups is 1. The van der Waals surface area contributed by atoms with Gasteiger partial charge in [-0.25, -0.2) is 9.50 Å². The number of cyclic esters (lactones) is 1. The van der Waals surface area contributed by atoms with E-state index in [4.69, 9.17) is 9.47 Å². The Morgan fingerprint density at radius 1 is 1.13 bits per heavy atom. The number of Topliss-reactive ketones (excluding diaryl/α,β-unsaturated/α-hetero) is 1. The summed E-state index contributed by atoms with van der Waals surface area (Å²) in [5.41, 5.74) is 2.67. The quantitative estimate of drug-likeness (QED) is 0.346. The van der Waals surface area contributed by atoms with Crippen molar-refractivity contribution in [2.45, 2.75) is 84.2 Å². The number of ether oxygens (including phenoxy) is 2. The highest BCUT2D eigenvalue weighted by atomic mass is 16.6. The van der Waals surface area contributed by atoms with Gasteiger partial charge in [-0.2, -0.15) is 4.98 Å². The van der Waals surface area contributed by atoms with E-state index in [1.807, 2.05) is 32.9 Å². The van der Waals surface area contributed by atoms with Crippen LogP contribution in [0.25, 0.3) is 5.78 Å². The Morgan fingerprint density at radius 2 is 1.89 bits per heavy atom. The van der Waals surface area contributed by atoms with Gasteiger partial charge < -0.3 is 14.6 Å². The number of phenols is 1. The van der Waals surface area contributed by atoms with Crippen LogP contribution < -0.4 is 4.74 Å². The Bertz CT molecular complexity index is 1360. The number of fused-ring (bicyclic) bond motifs is 1. The molecule has 38 heavy (non-hydrogen) atoms. The van der Waals surface area contributed by atoms with Crippen LogP contribution in [-0.4, -0.2) is 49.2 Å². The van der Waals surface area contributed by atoms with Crippen molar-refractivity contribution >= 4 is 17.5 Å². The van der Waals surface area contributed by atoms with Gasteiger partial charge in [0.2, 0.25) is 0 Å². The van der Waals surface area contributed by atoms with E-state index in [9.17, 15) is 14.7 Å². The van der Waals surface area contributed by atoms with E-state index < -0.39 is 17.5 Å². The first-order valence-corrected chi connectivity index (χ1v) is 13.6. The van der Waals surface area contributed by atoms with Gasteiger partial charge in [0.05, 0.1) is 7.11 Å². The molecule has 0 amide bonds. The number of methoxy groups -OCH3 is 1. The van der Waals surface area contributed by atoms with Gasteiger partial charge >= 0.3 is 5.97 Å². The van der Waals surface area contributed by atoms with E-state index in [0.717, 1.165) is 48.2 Å². The van der Waals surface area contributed by atoms with Gasteiger partial charge in [0.15, 0.2) is 11.6 Å². The highest BCUT2D eigenvalue weighted by Crippen LogP contribution is 2.45. The number of carbonyl (C=O) groups is 2. The van der Waals surface area contributed by atoms with Crippen molar-refractivity contribution in [3.63, 3.8) is 0 Å². The number of rotatable bonds is 8. The van der Waals surface area contributed by atoms with Crippen LogP contribution in [0.3, 0.4) is 0 Å². The lowest BCUT2D eigenvalue weighted by Crippen LogP contribution is -2.52. The zero-order valence-corrected chi connectivity index (χ0v) is 22.6. The highest BCUT2D eigenvalue weighted by Gasteiger charge is 2.51. The number of benzene rings is 1. The summed E-state index contributed by atoms with van der Waals surface area (Å²) in [7, 11) is 1.58. The first kappa shape index (κ1) is 26.1. The Balaban J connectivity index is 1.38. The molecule has 3 heterocycles. The van der Waals surface area contributed by atoms with Crippen LogP contribution in [0.1, 0.15) is 73.8 Å². The third kappa shape index (κ3) is 4.86. The molecule has 0 radical (unpaired) electrons. The summed E-state index contributed by atoms with van der Waals surface area (Å²) in [6.07, 6.45) is 6.12. The number of aromatic nitrogens is 4. The maximum atomic E-state index is 13.6. The van der Waals surface area contributed by atoms with Crippen molar-refractivity contribution in [2.75, 3.05) is 7.11 Å². The minimum Gasteiger partial charge on any atom is -0.508 e. The molecule has 1 aliphatic carbocycles. The van der Waals surface area contributed by atoms with Crippen LogP contribution in [0.15, 0.2) is 18.2 Å². The van der Waals surface area contributed by atoms with Gasteiger partial charge in [-0.3, -0.25) is 9.59 Å². The molecule has 2 unspecified atom stereocenters. The van der Waals surface area contributed by atoms with E-state index in [1.165, 1.54) is 0 Å². The molecular formula is C29H36N4O5. The van der Waals surface area contributed by atoms with Crippen molar-refractivity contribution < 1.29 is 24.2 Å². The third-order valence-electron chi connectivity index (χ3n) is 8.28. The molecule has 5 rings (SSSR count). The predicted molar refractivity (Wildman–Crippen MR) is 140 cm³/mol. The molecule has 2 aromatic heterocycles. The molecule has 3 aromatic rings. The summed E-state index contributed by atoms with van der Waals surface area (Å²) in [6, 6.07) is 5.51. The molecule has 9 heteroatoms. The van der Waals surface area contributed by atoms with Gasteiger partial charge in [0.25, 0.3) is 5.78 Å². The first-order valence-electron chi connectivity index (χ1n) is 13.6. The van der Waals surface area contributed by atoms with Gasteiger partial charge in [-0.1, -0.05) is 19.8 Å². The number of phenolic OH excluding ortho intramolecular Hbond substituents is 1. The Kier molecular flexibility index (Phi) is 7.11. The van der Waals surface area contributed by atoms with Crippen molar-refractivity contribution in [2.24, 2.45) is 11.8 Å². The Labute approximate surface area is 222 Å². The average molecular weight is 521 g/mol. The van der Waals surface area contributed by atoms with Crippen molar-refractivity contribution in [3.8, 4) is 11.5 Å². The molecule has 2 aliphatic rings. The van der Waals surface area contributed by atoms with E-state index in [-0.39, 0.29) is 30.3 Å². The summed E-state index contributed by atoms with van der Waals surface area (Å²) in [5.74, 6) is 0.317. The molecule has 0 spiro atoms. The molecular weight excluding hydrogens is 484 g/mol. The minimum absolute atomic E-state index is 0.103. The number of hydrogen-bond acceptors (Lipinski definition) is 8. The van der Waals surface area contributed by atoms with Gasteiger partial charge in [-0.15, -0.1) is 5.10 Å². The fourth-order valence-electron chi connectivity index (χ4n) is 6.23. The van der Waals surface area contributed by atoms with E-state index >= 15 is 0 Å². The molecule has 1 aromatic carbocycles. The van der Waals surface area contributed by atoms with Gasteiger partial charge in [-0.05, 0) is 75.1 Å². The molecule has 2 atom stereocenters. The van der Waals surface area contributed by atoms with E-state index in [0.29, 0.717) is 36.6 Å². The lowest BCUT2D eigenvalue weighted by Gasteiger charge is -2.43. The van der Waals surface area contributed by atoms with Crippen LogP contribution in [0, 0.1) is 25.7 Å². The van der Waals surface area contributed by atoms with Crippen LogP contribution in [0.2, 0.25) is 0 Å². The maximum Gasteiger partial charge on any atom is 0.317 e. The summed E-state index contributed by atoms with van der Waals surface area (Å²) in [5, 5.41) is 14.8. The number of hydrogen-bond donors (Lipinski definition) is 1. The van der Waals surface area contributed by atoms with Crippen LogP contribution >= 0.6 is 0 Å². The second kappa shape index (κ2) is 10.3. The monoisotopic (exact) mass is 520 g/mol. The largest absolute Gasteiger partial charge is 0.508 e. The lowest BCUT2D eigenvalue weighted by atomic mass is 9.73. The topological polar surface area (TPSA) is 116 Å². The second-order valence-corrected chi connectivity index (χ2v) is 10.8. The summed E-state index contributed by atoms with van der Waals surface area (Å²) >= 11 is 0. The van der Waals surface area contributed by atoms with E-state index in [2.05, 4.69) is 15.1 Å². The molecule has 1 saturated carbocycles. The highest BCUT2D eigenvalue weighted by molar-refractivity contribution is 6.01. The normalized spacial score (nSPS) is 22.3. The number of aryl methyl sites for hydroxylation is 4. The maximum absolute atomic E-state index is 13.6. The molecule has 0 bridgehead atoms. The molecule has 202 valence electrons. The summed E-state index contributed by atoms with van der Waals surface area (Å²) in [4.78, 5) is 35.9. The fourth-order valence-corrected chi connectivity index (χ4v) is 6.23.